The maximum Gasteiger partial charge on any atom is 0.231 e. The van der Waals surface area contributed by atoms with E-state index in [1.807, 2.05) is 18.2 Å². The summed E-state index contributed by atoms with van der Waals surface area (Å²) in [5, 5.41) is 6.49. The Labute approximate surface area is 131 Å². The molecule has 0 spiro atoms. The lowest BCUT2D eigenvalue weighted by Crippen LogP contribution is -2.38. The van der Waals surface area contributed by atoms with Gasteiger partial charge in [-0.1, -0.05) is 19.4 Å². The number of nitrogens with zero attached hydrogens (tertiary/aromatic N) is 1. The van der Waals surface area contributed by atoms with Crippen molar-refractivity contribution < 1.29 is 14.2 Å². The molecular formula is C16H25N3O3. The van der Waals surface area contributed by atoms with Gasteiger partial charge in [-0.15, -0.1) is 0 Å². The molecule has 2 N–H and O–H groups in total. The first kappa shape index (κ1) is 16.4. The molecule has 1 heterocycles. The van der Waals surface area contributed by atoms with Crippen LogP contribution >= 0.6 is 0 Å². The summed E-state index contributed by atoms with van der Waals surface area (Å²) in [4.78, 5) is 4.19. The van der Waals surface area contributed by atoms with Gasteiger partial charge in [0, 0.05) is 26.7 Å². The first-order chi connectivity index (χ1) is 10.8. The molecule has 0 bridgehead atoms. The normalized spacial score (nSPS) is 13.3. The summed E-state index contributed by atoms with van der Waals surface area (Å²) in [6.45, 7) is 5.38. The molecule has 0 amide bonds. The highest BCUT2D eigenvalue weighted by Crippen LogP contribution is 2.32. The van der Waals surface area contributed by atoms with Gasteiger partial charge in [-0.3, -0.25) is 4.99 Å². The first-order valence-electron chi connectivity index (χ1n) is 7.74. The molecule has 0 radical (unpaired) electrons. The molecule has 1 aliphatic heterocycles. The Morgan fingerprint density at radius 3 is 2.91 bits per heavy atom. The second kappa shape index (κ2) is 9.15. The van der Waals surface area contributed by atoms with Gasteiger partial charge in [0.1, 0.15) is 0 Å². The highest BCUT2D eigenvalue weighted by atomic mass is 16.7. The SMILES string of the molecule is CCCCOCCNC(=NC)NCc1ccc2c(c1)OCO2. The van der Waals surface area contributed by atoms with E-state index in [1.54, 1.807) is 7.05 Å². The smallest absolute Gasteiger partial charge is 0.231 e. The average Bonchev–Trinajstić information content (AvgIpc) is 3.01. The van der Waals surface area contributed by atoms with E-state index in [2.05, 4.69) is 22.5 Å². The van der Waals surface area contributed by atoms with E-state index in [-0.39, 0.29) is 0 Å². The van der Waals surface area contributed by atoms with Crippen LogP contribution in [0.3, 0.4) is 0 Å². The minimum atomic E-state index is 0.299. The molecule has 0 fully saturated rings. The van der Waals surface area contributed by atoms with Crippen LogP contribution < -0.4 is 20.1 Å². The summed E-state index contributed by atoms with van der Waals surface area (Å²) < 4.78 is 16.2. The number of hydrogen-bond acceptors (Lipinski definition) is 4. The van der Waals surface area contributed by atoms with Gasteiger partial charge in [0.25, 0.3) is 0 Å². The Morgan fingerprint density at radius 1 is 1.23 bits per heavy atom. The first-order valence-corrected chi connectivity index (χ1v) is 7.74. The zero-order valence-electron chi connectivity index (χ0n) is 13.4. The maximum absolute atomic E-state index is 5.51. The fourth-order valence-corrected chi connectivity index (χ4v) is 2.05. The van der Waals surface area contributed by atoms with E-state index < -0.39 is 0 Å². The molecule has 6 heteroatoms. The zero-order valence-corrected chi connectivity index (χ0v) is 13.4. The number of ether oxygens (including phenoxy) is 3. The van der Waals surface area contributed by atoms with E-state index in [0.29, 0.717) is 19.9 Å². The molecule has 122 valence electrons. The molecule has 0 unspecified atom stereocenters. The van der Waals surface area contributed by atoms with E-state index in [0.717, 1.165) is 49.0 Å². The standard InChI is InChI=1S/C16H25N3O3/c1-3-4-8-20-9-7-18-16(17-2)19-11-13-5-6-14-15(10-13)22-12-21-14/h5-6,10H,3-4,7-9,11-12H2,1-2H3,(H2,17,18,19). The summed E-state index contributed by atoms with van der Waals surface area (Å²) in [5.41, 5.74) is 1.12. The molecule has 0 aromatic heterocycles. The Morgan fingerprint density at radius 2 is 2.09 bits per heavy atom. The topological polar surface area (TPSA) is 64.1 Å². The van der Waals surface area contributed by atoms with Crippen LogP contribution in [-0.4, -0.2) is 39.6 Å². The Kier molecular flexibility index (Phi) is 6.83. The average molecular weight is 307 g/mol. The molecule has 0 saturated carbocycles. The van der Waals surface area contributed by atoms with Crippen LogP contribution in [-0.2, 0) is 11.3 Å². The van der Waals surface area contributed by atoms with Crippen molar-refractivity contribution in [3.63, 3.8) is 0 Å². The summed E-state index contributed by atoms with van der Waals surface area (Å²) in [7, 11) is 1.76. The Balaban J connectivity index is 1.68. The monoisotopic (exact) mass is 307 g/mol. The van der Waals surface area contributed by atoms with Gasteiger partial charge in [-0.05, 0) is 24.1 Å². The number of hydrogen-bond donors (Lipinski definition) is 2. The number of unbranched alkanes of at least 4 members (excludes halogenated alkanes) is 1. The molecule has 0 aliphatic carbocycles. The van der Waals surface area contributed by atoms with Crippen LogP contribution in [0.5, 0.6) is 11.5 Å². The number of aliphatic imine (C=N–C) groups is 1. The van der Waals surface area contributed by atoms with Crippen molar-refractivity contribution in [3.05, 3.63) is 23.8 Å². The molecule has 0 atom stereocenters. The highest BCUT2D eigenvalue weighted by Gasteiger charge is 2.13. The van der Waals surface area contributed by atoms with E-state index >= 15 is 0 Å². The summed E-state index contributed by atoms with van der Waals surface area (Å²) in [6, 6.07) is 5.93. The van der Waals surface area contributed by atoms with Crippen LogP contribution in [0.15, 0.2) is 23.2 Å². The quantitative estimate of drug-likeness (QED) is 0.436. The second-order valence-electron chi connectivity index (χ2n) is 5.01. The predicted octanol–water partition coefficient (Wildman–Crippen LogP) is 1.90. The zero-order chi connectivity index (χ0) is 15.6. The van der Waals surface area contributed by atoms with Crippen LogP contribution in [0.4, 0.5) is 0 Å². The van der Waals surface area contributed by atoms with Crippen LogP contribution in [0.1, 0.15) is 25.3 Å². The predicted molar refractivity (Wildman–Crippen MR) is 86.5 cm³/mol. The number of nitrogens with one attached hydrogen (secondary N) is 2. The van der Waals surface area contributed by atoms with Crippen molar-refractivity contribution in [2.24, 2.45) is 4.99 Å². The third-order valence-electron chi connectivity index (χ3n) is 3.30. The maximum atomic E-state index is 5.51. The van der Waals surface area contributed by atoms with Crippen LogP contribution in [0.25, 0.3) is 0 Å². The van der Waals surface area contributed by atoms with Crippen molar-refractivity contribution in [1.29, 1.82) is 0 Å². The minimum Gasteiger partial charge on any atom is -0.454 e. The molecule has 1 aromatic carbocycles. The van der Waals surface area contributed by atoms with E-state index in [9.17, 15) is 0 Å². The van der Waals surface area contributed by atoms with Gasteiger partial charge in [-0.25, -0.2) is 0 Å². The number of benzene rings is 1. The van der Waals surface area contributed by atoms with Crippen molar-refractivity contribution in [2.45, 2.75) is 26.3 Å². The number of guanidine groups is 1. The third-order valence-corrected chi connectivity index (χ3v) is 3.30. The molecule has 1 aliphatic rings. The lowest BCUT2D eigenvalue weighted by molar-refractivity contribution is 0.136. The van der Waals surface area contributed by atoms with Crippen molar-refractivity contribution in [2.75, 3.05) is 33.6 Å². The number of fused-ring (bicyclic) bond motifs is 1. The van der Waals surface area contributed by atoms with Gasteiger partial charge in [-0.2, -0.15) is 0 Å². The summed E-state index contributed by atoms with van der Waals surface area (Å²) >= 11 is 0. The van der Waals surface area contributed by atoms with Crippen molar-refractivity contribution in [3.8, 4) is 11.5 Å². The second-order valence-corrected chi connectivity index (χ2v) is 5.01. The van der Waals surface area contributed by atoms with Gasteiger partial charge in [0.15, 0.2) is 17.5 Å². The molecule has 1 aromatic rings. The fourth-order valence-electron chi connectivity index (χ4n) is 2.05. The molecular weight excluding hydrogens is 282 g/mol. The van der Waals surface area contributed by atoms with Gasteiger partial charge in [0.05, 0.1) is 6.61 Å². The van der Waals surface area contributed by atoms with Crippen molar-refractivity contribution >= 4 is 5.96 Å². The lowest BCUT2D eigenvalue weighted by atomic mass is 10.2. The third kappa shape index (κ3) is 5.11. The minimum absolute atomic E-state index is 0.299. The lowest BCUT2D eigenvalue weighted by Gasteiger charge is -2.12. The summed E-state index contributed by atoms with van der Waals surface area (Å²) in [6.07, 6.45) is 2.27. The molecule has 2 rings (SSSR count). The molecule has 22 heavy (non-hydrogen) atoms. The Bertz CT molecular complexity index is 492. The van der Waals surface area contributed by atoms with E-state index in [4.69, 9.17) is 14.2 Å². The van der Waals surface area contributed by atoms with Gasteiger partial charge in [0.2, 0.25) is 6.79 Å². The highest BCUT2D eigenvalue weighted by molar-refractivity contribution is 5.79. The fraction of sp³-hybridized carbons (Fsp3) is 0.562. The summed E-state index contributed by atoms with van der Waals surface area (Å²) in [5.74, 6) is 2.36. The Hall–Kier alpha value is -1.95. The van der Waals surface area contributed by atoms with Gasteiger partial charge < -0.3 is 24.8 Å². The number of rotatable bonds is 8. The molecule has 6 nitrogen and oxygen atoms in total. The van der Waals surface area contributed by atoms with Gasteiger partial charge >= 0.3 is 0 Å². The van der Waals surface area contributed by atoms with E-state index in [1.165, 1.54) is 0 Å². The van der Waals surface area contributed by atoms with Crippen LogP contribution in [0.2, 0.25) is 0 Å². The molecule has 0 saturated heterocycles. The van der Waals surface area contributed by atoms with Crippen LogP contribution in [0, 0.1) is 0 Å². The largest absolute Gasteiger partial charge is 0.454 e. The van der Waals surface area contributed by atoms with Crippen molar-refractivity contribution in [1.82, 2.24) is 10.6 Å².